The molecule has 0 aliphatic carbocycles. The number of fused-ring (bicyclic) bond motifs is 9. The molecule has 0 spiro atoms. The van der Waals surface area contributed by atoms with Gasteiger partial charge in [0.1, 0.15) is 6.07 Å². The number of aromatic nitrogens is 3. The number of hydrogen-bond donors (Lipinski definition) is 0. The molecule has 0 radical (unpaired) electrons. The standard InChI is InChI=1S/C50H29N5/c51-30-32-27-28-38-36-16-3-9-23-44(36)55(48(38)29-32)50-33(31-52)13-11-19-39(50)37-17-4-8-22-43(37)54-45-24-10-5-18-40(45)49-46(25-12-26-47(49)54)53-41-20-6-1-14-34(41)35-15-2-7-21-42(35)53/h1-29H. The van der Waals surface area contributed by atoms with Crippen LogP contribution in [0.1, 0.15) is 11.1 Å². The first-order valence-corrected chi connectivity index (χ1v) is 18.3. The smallest absolute Gasteiger partial charge is 0.101 e. The number of nitriles is 2. The third kappa shape index (κ3) is 4.33. The van der Waals surface area contributed by atoms with E-state index < -0.39 is 0 Å². The largest absolute Gasteiger partial charge is 0.309 e. The van der Waals surface area contributed by atoms with E-state index in [9.17, 15) is 10.5 Å². The molecular formula is C50H29N5. The maximum Gasteiger partial charge on any atom is 0.101 e. The Balaban J connectivity index is 1.24. The fourth-order valence-corrected chi connectivity index (χ4v) is 8.90. The Bertz CT molecular complexity index is 3420. The second-order valence-corrected chi connectivity index (χ2v) is 13.9. The first-order valence-electron chi connectivity index (χ1n) is 18.3. The van der Waals surface area contributed by atoms with Gasteiger partial charge < -0.3 is 13.7 Å². The van der Waals surface area contributed by atoms with Gasteiger partial charge in [0.05, 0.1) is 67.4 Å². The highest BCUT2D eigenvalue weighted by molar-refractivity contribution is 6.17. The van der Waals surface area contributed by atoms with Gasteiger partial charge in [-0.05, 0) is 60.7 Å². The summed E-state index contributed by atoms with van der Waals surface area (Å²) in [5, 5.41) is 27.5. The fourth-order valence-electron chi connectivity index (χ4n) is 8.90. The maximum absolute atomic E-state index is 10.7. The van der Waals surface area contributed by atoms with Gasteiger partial charge in [0.25, 0.3) is 0 Å². The molecule has 0 saturated carbocycles. The van der Waals surface area contributed by atoms with Crippen LogP contribution >= 0.6 is 0 Å². The monoisotopic (exact) mass is 699 g/mol. The summed E-state index contributed by atoms with van der Waals surface area (Å²) >= 11 is 0. The SMILES string of the molecule is N#Cc1ccc2c3ccccc3n(-c3c(C#N)cccc3-c3ccccc3-n3c4ccccc4c4c(-n5c6ccccc6c6ccccc65)cccc43)c2c1. The van der Waals surface area contributed by atoms with Crippen molar-refractivity contribution in [2.24, 2.45) is 0 Å². The Hall–Kier alpha value is -7.86. The van der Waals surface area contributed by atoms with E-state index >= 15 is 0 Å². The predicted molar refractivity (Wildman–Crippen MR) is 224 cm³/mol. The summed E-state index contributed by atoms with van der Waals surface area (Å²) in [5.41, 5.74) is 12.3. The molecule has 11 rings (SSSR count). The van der Waals surface area contributed by atoms with Gasteiger partial charge in [0.2, 0.25) is 0 Å². The average molecular weight is 700 g/mol. The molecule has 0 aliphatic rings. The molecule has 0 fully saturated rings. The first-order chi connectivity index (χ1) is 27.2. The lowest BCUT2D eigenvalue weighted by Gasteiger charge is -2.19. The van der Waals surface area contributed by atoms with Crippen LogP contribution < -0.4 is 0 Å². The zero-order valence-corrected chi connectivity index (χ0v) is 29.5. The minimum Gasteiger partial charge on any atom is -0.309 e. The van der Waals surface area contributed by atoms with Crippen molar-refractivity contribution in [3.05, 3.63) is 187 Å². The molecular weight excluding hydrogens is 671 g/mol. The Morgan fingerprint density at radius 1 is 0.345 bits per heavy atom. The van der Waals surface area contributed by atoms with Gasteiger partial charge in [0, 0.05) is 43.4 Å². The van der Waals surface area contributed by atoms with Crippen molar-refractivity contribution in [2.45, 2.75) is 0 Å². The van der Waals surface area contributed by atoms with Crippen molar-refractivity contribution >= 4 is 65.4 Å². The molecule has 0 bridgehead atoms. The molecule has 0 amide bonds. The third-order valence-electron chi connectivity index (χ3n) is 11.1. The van der Waals surface area contributed by atoms with Crippen molar-refractivity contribution in [2.75, 3.05) is 0 Å². The lowest BCUT2D eigenvalue weighted by Crippen LogP contribution is -2.03. The van der Waals surface area contributed by atoms with E-state index in [0.717, 1.165) is 82.8 Å². The Morgan fingerprint density at radius 2 is 0.836 bits per heavy atom. The van der Waals surface area contributed by atoms with Crippen LogP contribution in [-0.2, 0) is 0 Å². The summed E-state index contributed by atoms with van der Waals surface area (Å²) in [6.45, 7) is 0. The lowest BCUT2D eigenvalue weighted by atomic mass is 9.98. The topological polar surface area (TPSA) is 62.4 Å². The molecule has 0 N–H and O–H groups in total. The molecule has 8 aromatic carbocycles. The Kier molecular flexibility index (Phi) is 6.61. The van der Waals surface area contributed by atoms with Gasteiger partial charge in [-0.3, -0.25) is 0 Å². The zero-order chi connectivity index (χ0) is 36.6. The van der Waals surface area contributed by atoms with Crippen LogP contribution in [0.25, 0.3) is 93.6 Å². The molecule has 3 heterocycles. The molecule has 5 heteroatoms. The number of nitrogens with zero attached hydrogens (tertiary/aromatic N) is 5. The molecule has 11 aromatic rings. The Labute approximate surface area is 316 Å². The normalized spacial score (nSPS) is 11.6. The summed E-state index contributed by atoms with van der Waals surface area (Å²) < 4.78 is 6.95. The van der Waals surface area contributed by atoms with Crippen LogP contribution in [0.5, 0.6) is 0 Å². The van der Waals surface area contributed by atoms with E-state index in [2.05, 4.69) is 159 Å². The summed E-state index contributed by atoms with van der Waals surface area (Å²) in [7, 11) is 0. The van der Waals surface area contributed by atoms with Gasteiger partial charge >= 0.3 is 0 Å². The summed E-state index contributed by atoms with van der Waals surface area (Å²) in [4.78, 5) is 0. The third-order valence-corrected chi connectivity index (χ3v) is 11.1. The first kappa shape index (κ1) is 30.7. The lowest BCUT2D eigenvalue weighted by molar-refractivity contribution is 1.15. The van der Waals surface area contributed by atoms with E-state index in [1.165, 1.54) is 10.8 Å². The Morgan fingerprint density at radius 3 is 1.51 bits per heavy atom. The highest BCUT2D eigenvalue weighted by Gasteiger charge is 2.24. The second kappa shape index (κ2) is 11.8. The van der Waals surface area contributed by atoms with Crippen molar-refractivity contribution in [3.8, 4) is 40.3 Å². The van der Waals surface area contributed by atoms with Crippen molar-refractivity contribution < 1.29 is 0 Å². The molecule has 0 saturated heterocycles. The number of para-hydroxylation sites is 6. The second-order valence-electron chi connectivity index (χ2n) is 13.9. The van der Waals surface area contributed by atoms with E-state index in [1.54, 1.807) is 0 Å². The van der Waals surface area contributed by atoms with Gasteiger partial charge in [-0.25, -0.2) is 0 Å². The summed E-state index contributed by atoms with van der Waals surface area (Å²) in [6.07, 6.45) is 0. The van der Waals surface area contributed by atoms with Crippen molar-refractivity contribution in [1.82, 2.24) is 13.7 Å². The molecule has 0 atom stereocenters. The van der Waals surface area contributed by atoms with E-state index in [4.69, 9.17) is 0 Å². The number of hydrogen-bond acceptors (Lipinski definition) is 2. The van der Waals surface area contributed by atoms with Crippen LogP contribution in [-0.4, -0.2) is 13.7 Å². The van der Waals surface area contributed by atoms with Crippen LogP contribution in [0.4, 0.5) is 0 Å². The fraction of sp³-hybridized carbons (Fsp3) is 0. The van der Waals surface area contributed by atoms with E-state index in [1.807, 2.05) is 42.5 Å². The zero-order valence-electron chi connectivity index (χ0n) is 29.5. The molecule has 0 aliphatic heterocycles. The van der Waals surface area contributed by atoms with E-state index in [-0.39, 0.29) is 0 Å². The molecule has 254 valence electrons. The molecule has 55 heavy (non-hydrogen) atoms. The van der Waals surface area contributed by atoms with Gasteiger partial charge in [-0.15, -0.1) is 0 Å². The summed E-state index contributed by atoms with van der Waals surface area (Å²) in [5.74, 6) is 0. The minimum atomic E-state index is 0.549. The van der Waals surface area contributed by atoms with Crippen LogP contribution in [0.2, 0.25) is 0 Å². The molecule has 5 nitrogen and oxygen atoms in total. The van der Waals surface area contributed by atoms with E-state index in [0.29, 0.717) is 11.1 Å². The van der Waals surface area contributed by atoms with Crippen molar-refractivity contribution in [1.29, 1.82) is 10.5 Å². The predicted octanol–water partition coefficient (Wildman–Crippen LogP) is 12.4. The maximum atomic E-state index is 10.7. The van der Waals surface area contributed by atoms with Crippen LogP contribution in [0.15, 0.2) is 176 Å². The van der Waals surface area contributed by atoms with Crippen LogP contribution in [0, 0.1) is 22.7 Å². The highest BCUT2D eigenvalue weighted by atomic mass is 15.0. The number of benzene rings is 8. The van der Waals surface area contributed by atoms with Crippen LogP contribution in [0.3, 0.4) is 0 Å². The highest BCUT2D eigenvalue weighted by Crippen LogP contribution is 2.44. The molecule has 0 unspecified atom stereocenters. The molecule has 3 aromatic heterocycles. The quantitative estimate of drug-likeness (QED) is 0.184. The number of rotatable bonds is 4. The van der Waals surface area contributed by atoms with Gasteiger partial charge in [-0.2, -0.15) is 10.5 Å². The van der Waals surface area contributed by atoms with Gasteiger partial charge in [-0.1, -0.05) is 115 Å². The summed E-state index contributed by atoms with van der Waals surface area (Å²) in [6, 6.07) is 65.9. The minimum absolute atomic E-state index is 0.549. The van der Waals surface area contributed by atoms with Crippen molar-refractivity contribution in [3.63, 3.8) is 0 Å². The van der Waals surface area contributed by atoms with Gasteiger partial charge in [0.15, 0.2) is 0 Å². The average Bonchev–Trinajstić information content (AvgIpc) is 3.89.